The monoisotopic (exact) mass is 252 g/mol. The number of benzene rings is 2. The van der Waals surface area contributed by atoms with Gasteiger partial charge in [0.25, 0.3) is 0 Å². The maximum absolute atomic E-state index is 12.9. The molecule has 0 aromatic heterocycles. The molecule has 88 valence electrons. The largest absolute Gasteiger partial charge is 0.506 e. The molecule has 0 aliphatic rings. The van der Waals surface area contributed by atoms with Crippen molar-refractivity contribution in [3.05, 3.63) is 58.9 Å². The average Bonchev–Trinajstić information content (AvgIpc) is 2.31. The van der Waals surface area contributed by atoms with Crippen LogP contribution < -0.4 is 4.74 Å². The summed E-state index contributed by atoms with van der Waals surface area (Å²) in [5.41, 5.74) is 0.803. The first-order valence-corrected chi connectivity index (χ1v) is 5.39. The van der Waals surface area contributed by atoms with Crippen LogP contribution in [0, 0.1) is 5.82 Å². The molecule has 17 heavy (non-hydrogen) atoms. The predicted molar refractivity (Wildman–Crippen MR) is 63.8 cm³/mol. The summed E-state index contributed by atoms with van der Waals surface area (Å²) in [5, 5.41) is 9.51. The Kier molecular flexibility index (Phi) is 3.49. The molecule has 0 unspecified atom stereocenters. The van der Waals surface area contributed by atoms with Gasteiger partial charge in [0.2, 0.25) is 0 Å². The van der Waals surface area contributed by atoms with Gasteiger partial charge in [-0.05, 0) is 29.8 Å². The number of halogens is 2. The highest BCUT2D eigenvalue weighted by molar-refractivity contribution is 6.32. The van der Waals surface area contributed by atoms with Gasteiger partial charge in [0.05, 0.1) is 5.02 Å². The fraction of sp³-hybridized carbons (Fsp3) is 0.0769. The normalized spacial score (nSPS) is 10.2. The molecule has 0 saturated carbocycles. The van der Waals surface area contributed by atoms with Gasteiger partial charge in [0.15, 0.2) is 0 Å². The van der Waals surface area contributed by atoms with Gasteiger partial charge in [-0.1, -0.05) is 23.7 Å². The number of hydrogen-bond donors (Lipinski definition) is 1. The van der Waals surface area contributed by atoms with E-state index in [9.17, 15) is 9.50 Å². The van der Waals surface area contributed by atoms with Crippen LogP contribution in [0.2, 0.25) is 5.02 Å². The molecule has 0 aliphatic carbocycles. The third-order valence-electron chi connectivity index (χ3n) is 2.21. The van der Waals surface area contributed by atoms with E-state index in [0.717, 1.165) is 5.56 Å². The average molecular weight is 253 g/mol. The molecule has 2 aromatic carbocycles. The van der Waals surface area contributed by atoms with Crippen molar-refractivity contribution in [1.82, 2.24) is 0 Å². The van der Waals surface area contributed by atoms with Gasteiger partial charge in [0.1, 0.15) is 23.9 Å². The van der Waals surface area contributed by atoms with Crippen LogP contribution in [0.3, 0.4) is 0 Å². The van der Waals surface area contributed by atoms with E-state index in [1.54, 1.807) is 24.3 Å². The lowest BCUT2D eigenvalue weighted by Crippen LogP contribution is -1.95. The fourth-order valence-corrected chi connectivity index (χ4v) is 1.57. The van der Waals surface area contributed by atoms with Crippen LogP contribution in [0.25, 0.3) is 0 Å². The number of aromatic hydroxyl groups is 1. The van der Waals surface area contributed by atoms with Crippen LogP contribution in [0.5, 0.6) is 11.5 Å². The maximum Gasteiger partial charge on any atom is 0.134 e. The van der Waals surface area contributed by atoms with Gasteiger partial charge < -0.3 is 9.84 Å². The van der Waals surface area contributed by atoms with E-state index in [2.05, 4.69) is 0 Å². The van der Waals surface area contributed by atoms with Crippen molar-refractivity contribution in [2.24, 2.45) is 0 Å². The topological polar surface area (TPSA) is 29.5 Å². The molecule has 2 aromatic rings. The summed E-state index contributed by atoms with van der Waals surface area (Å²) < 4.78 is 18.3. The Balaban J connectivity index is 2.05. The lowest BCUT2D eigenvalue weighted by molar-refractivity contribution is 0.304. The minimum Gasteiger partial charge on any atom is -0.506 e. The maximum atomic E-state index is 12.9. The van der Waals surface area contributed by atoms with Gasteiger partial charge >= 0.3 is 0 Å². The summed E-state index contributed by atoms with van der Waals surface area (Å²) in [6.07, 6.45) is 0. The molecule has 0 fully saturated rings. The van der Waals surface area contributed by atoms with E-state index >= 15 is 0 Å². The molecule has 0 spiro atoms. The number of hydrogen-bond acceptors (Lipinski definition) is 2. The molecular weight excluding hydrogens is 243 g/mol. The van der Waals surface area contributed by atoms with Crippen molar-refractivity contribution in [3.63, 3.8) is 0 Å². The Morgan fingerprint density at radius 3 is 2.71 bits per heavy atom. The second-order valence-corrected chi connectivity index (χ2v) is 3.94. The van der Waals surface area contributed by atoms with Gasteiger partial charge in [-0.3, -0.25) is 0 Å². The van der Waals surface area contributed by atoms with E-state index in [1.807, 2.05) is 0 Å². The molecule has 1 N–H and O–H groups in total. The molecule has 2 rings (SSSR count). The molecule has 2 nitrogen and oxygen atoms in total. The van der Waals surface area contributed by atoms with E-state index in [4.69, 9.17) is 16.3 Å². The van der Waals surface area contributed by atoms with E-state index in [1.165, 1.54) is 18.2 Å². The summed E-state index contributed by atoms with van der Waals surface area (Å²) in [6, 6.07) is 10.7. The molecular formula is C13H10ClFO2. The number of phenolic OH excluding ortho intramolecular Hbond substituents is 1. The first-order valence-electron chi connectivity index (χ1n) is 5.01. The van der Waals surface area contributed by atoms with Gasteiger partial charge in [0, 0.05) is 6.07 Å². The molecule has 0 saturated heterocycles. The minimum absolute atomic E-state index is 0.0289. The molecule has 0 heterocycles. The first kappa shape index (κ1) is 11.7. The van der Waals surface area contributed by atoms with Gasteiger partial charge in [-0.25, -0.2) is 4.39 Å². The van der Waals surface area contributed by atoms with E-state index in [-0.39, 0.29) is 23.2 Å². The smallest absolute Gasteiger partial charge is 0.134 e. The molecule has 4 heteroatoms. The van der Waals surface area contributed by atoms with Crippen LogP contribution in [-0.2, 0) is 6.61 Å². The van der Waals surface area contributed by atoms with Crippen LogP contribution >= 0.6 is 11.6 Å². The number of ether oxygens (including phenoxy) is 1. The van der Waals surface area contributed by atoms with Crippen LogP contribution in [0.4, 0.5) is 4.39 Å². The highest BCUT2D eigenvalue weighted by Gasteiger charge is 2.01. The summed E-state index contributed by atoms with van der Waals surface area (Å²) >= 11 is 5.76. The summed E-state index contributed by atoms with van der Waals surface area (Å²) in [7, 11) is 0. The number of phenols is 1. The Morgan fingerprint density at radius 2 is 2.00 bits per heavy atom. The van der Waals surface area contributed by atoms with Crippen LogP contribution in [-0.4, -0.2) is 5.11 Å². The molecule has 0 radical (unpaired) electrons. The SMILES string of the molecule is Oc1ccc(COc2cccc(F)c2)cc1Cl. The summed E-state index contributed by atoms with van der Waals surface area (Å²) in [4.78, 5) is 0. The highest BCUT2D eigenvalue weighted by Crippen LogP contribution is 2.24. The standard InChI is InChI=1S/C13H10ClFO2/c14-12-6-9(4-5-13(12)16)8-17-11-3-1-2-10(15)7-11/h1-7,16H,8H2. The van der Waals surface area contributed by atoms with Crippen molar-refractivity contribution in [2.75, 3.05) is 0 Å². The molecule has 0 bridgehead atoms. The Bertz CT molecular complexity index is 529. The fourth-order valence-electron chi connectivity index (χ4n) is 1.36. The summed E-state index contributed by atoms with van der Waals surface area (Å²) in [5.74, 6) is 0.140. The summed E-state index contributed by atoms with van der Waals surface area (Å²) in [6.45, 7) is 0.267. The van der Waals surface area contributed by atoms with Crippen molar-refractivity contribution >= 4 is 11.6 Å². The van der Waals surface area contributed by atoms with E-state index < -0.39 is 0 Å². The second-order valence-electron chi connectivity index (χ2n) is 3.53. The predicted octanol–water partition coefficient (Wildman–Crippen LogP) is 3.76. The third-order valence-corrected chi connectivity index (χ3v) is 2.52. The van der Waals surface area contributed by atoms with Crippen molar-refractivity contribution in [2.45, 2.75) is 6.61 Å². The van der Waals surface area contributed by atoms with Crippen molar-refractivity contribution in [3.8, 4) is 11.5 Å². The zero-order valence-corrected chi connectivity index (χ0v) is 9.62. The van der Waals surface area contributed by atoms with Crippen LogP contribution in [0.1, 0.15) is 5.56 Å². The van der Waals surface area contributed by atoms with Crippen LogP contribution in [0.15, 0.2) is 42.5 Å². The first-order chi connectivity index (χ1) is 8.15. The zero-order valence-electron chi connectivity index (χ0n) is 8.86. The zero-order chi connectivity index (χ0) is 12.3. The van der Waals surface area contributed by atoms with E-state index in [0.29, 0.717) is 5.75 Å². The van der Waals surface area contributed by atoms with Crippen molar-refractivity contribution < 1.29 is 14.2 Å². The quantitative estimate of drug-likeness (QED) is 0.901. The Hall–Kier alpha value is -1.74. The molecule has 0 aliphatic heterocycles. The van der Waals surface area contributed by atoms with Gasteiger partial charge in [-0.15, -0.1) is 0 Å². The third kappa shape index (κ3) is 3.11. The molecule has 0 atom stereocenters. The minimum atomic E-state index is -0.341. The lowest BCUT2D eigenvalue weighted by Gasteiger charge is -2.07. The highest BCUT2D eigenvalue weighted by atomic mass is 35.5. The lowest BCUT2D eigenvalue weighted by atomic mass is 10.2. The second kappa shape index (κ2) is 5.06. The Labute approximate surface area is 103 Å². The number of rotatable bonds is 3. The van der Waals surface area contributed by atoms with Gasteiger partial charge in [-0.2, -0.15) is 0 Å². The Morgan fingerprint density at radius 1 is 1.18 bits per heavy atom. The van der Waals surface area contributed by atoms with Crippen molar-refractivity contribution in [1.29, 1.82) is 0 Å². The molecule has 0 amide bonds.